The zero-order valence-corrected chi connectivity index (χ0v) is 12.4. The normalized spacial score (nSPS) is 9.67. The summed E-state index contributed by atoms with van der Waals surface area (Å²) in [5.74, 6) is 0.0807. The zero-order chi connectivity index (χ0) is 13.4. The molecule has 0 N–H and O–H groups in total. The van der Waals surface area contributed by atoms with Crippen LogP contribution >= 0.6 is 22.6 Å². The summed E-state index contributed by atoms with van der Waals surface area (Å²) in [5.41, 5.74) is 9.02. The molecule has 0 unspecified atom stereocenters. The fourth-order valence-corrected chi connectivity index (χ4v) is 1.84. The molecule has 0 aliphatic heterocycles. The Bertz CT molecular complexity index is 440. The summed E-state index contributed by atoms with van der Waals surface area (Å²) in [5, 5.41) is 3.44. The lowest BCUT2D eigenvalue weighted by Gasteiger charge is -2.17. The van der Waals surface area contributed by atoms with Gasteiger partial charge in [-0.25, -0.2) is 0 Å². The first-order valence-corrected chi connectivity index (χ1v) is 6.76. The topological polar surface area (TPSA) is 69.1 Å². The average molecular weight is 358 g/mol. The van der Waals surface area contributed by atoms with Gasteiger partial charge in [0.15, 0.2) is 0 Å². The van der Waals surface area contributed by atoms with E-state index in [-0.39, 0.29) is 5.91 Å². The molecule has 0 aromatic heterocycles. The Balaban J connectivity index is 2.41. The minimum absolute atomic E-state index is 0.0807. The number of anilines is 1. The number of amides is 1. The van der Waals surface area contributed by atoms with E-state index in [1.165, 1.54) is 0 Å². The molecule has 0 bridgehead atoms. The van der Waals surface area contributed by atoms with Crippen molar-refractivity contribution in [1.29, 1.82) is 0 Å². The predicted octanol–water partition coefficient (Wildman–Crippen LogP) is 3.73. The van der Waals surface area contributed by atoms with Gasteiger partial charge in [0.25, 0.3) is 0 Å². The molecule has 1 rings (SSSR count). The van der Waals surface area contributed by atoms with E-state index in [9.17, 15) is 4.79 Å². The molecule has 0 aliphatic rings. The molecule has 0 saturated carbocycles. The van der Waals surface area contributed by atoms with Crippen molar-refractivity contribution in [2.75, 3.05) is 18.5 Å². The first kappa shape index (κ1) is 14.8. The van der Waals surface area contributed by atoms with E-state index in [2.05, 4.69) is 32.6 Å². The first-order chi connectivity index (χ1) is 8.65. The van der Waals surface area contributed by atoms with Gasteiger partial charge in [0.2, 0.25) is 5.91 Å². The van der Waals surface area contributed by atoms with Gasteiger partial charge in [-0.05, 0) is 65.2 Å². The van der Waals surface area contributed by atoms with Crippen LogP contribution in [0.4, 0.5) is 5.69 Å². The van der Waals surface area contributed by atoms with E-state index in [0.29, 0.717) is 13.0 Å². The van der Waals surface area contributed by atoms with Crippen LogP contribution in [0.3, 0.4) is 0 Å². The number of unbranched alkanes of at least 4 members (excludes halogenated alkanes) is 1. The Hall–Kier alpha value is -1.27. The molecule has 0 aliphatic carbocycles. The molecule has 0 fully saturated rings. The third kappa shape index (κ3) is 4.93. The summed E-state index contributed by atoms with van der Waals surface area (Å²) >= 11 is 2.23. The Morgan fingerprint density at radius 1 is 1.39 bits per heavy atom. The van der Waals surface area contributed by atoms with Gasteiger partial charge >= 0.3 is 0 Å². The number of carbonyl (C=O) groups is 1. The van der Waals surface area contributed by atoms with Crippen LogP contribution in [0.25, 0.3) is 10.4 Å². The average Bonchev–Trinajstić information content (AvgIpc) is 2.38. The molecule has 0 spiro atoms. The van der Waals surface area contributed by atoms with Crippen LogP contribution in [-0.2, 0) is 4.79 Å². The standard InChI is InChI=1S/C12H15IN4O/c1-17(11-7-5-10(13)6-8-11)12(18)4-2-3-9-15-16-14/h5-8H,2-4,9H2,1H3. The molecule has 1 amide bonds. The molecular formula is C12H15IN4O. The fraction of sp³-hybridized carbons (Fsp3) is 0.417. The first-order valence-electron chi connectivity index (χ1n) is 5.68. The smallest absolute Gasteiger partial charge is 0.226 e. The SMILES string of the molecule is CN(C(=O)CCCCN=[N+]=[N-])c1ccc(I)cc1. The monoisotopic (exact) mass is 358 g/mol. The number of benzene rings is 1. The van der Waals surface area contributed by atoms with Crippen molar-refractivity contribution in [1.82, 2.24) is 0 Å². The lowest BCUT2D eigenvalue weighted by Crippen LogP contribution is -2.25. The van der Waals surface area contributed by atoms with E-state index in [1.807, 2.05) is 24.3 Å². The van der Waals surface area contributed by atoms with Crippen LogP contribution in [0.1, 0.15) is 19.3 Å². The molecule has 5 nitrogen and oxygen atoms in total. The van der Waals surface area contributed by atoms with E-state index < -0.39 is 0 Å². The quantitative estimate of drug-likeness (QED) is 0.251. The molecule has 1 aromatic carbocycles. The van der Waals surface area contributed by atoms with E-state index >= 15 is 0 Å². The van der Waals surface area contributed by atoms with Gasteiger partial charge in [-0.2, -0.15) is 0 Å². The summed E-state index contributed by atoms with van der Waals surface area (Å²) in [7, 11) is 1.78. The van der Waals surface area contributed by atoms with Gasteiger partial charge < -0.3 is 4.90 Å². The van der Waals surface area contributed by atoms with Crippen LogP contribution in [0, 0.1) is 3.57 Å². The highest BCUT2D eigenvalue weighted by molar-refractivity contribution is 14.1. The lowest BCUT2D eigenvalue weighted by molar-refractivity contribution is -0.118. The van der Waals surface area contributed by atoms with Gasteiger partial charge in [0, 0.05) is 34.2 Å². The molecule has 0 atom stereocenters. The maximum atomic E-state index is 11.9. The number of carbonyl (C=O) groups excluding carboxylic acids is 1. The second-order valence-electron chi connectivity index (χ2n) is 3.84. The van der Waals surface area contributed by atoms with E-state index in [0.717, 1.165) is 22.1 Å². The Morgan fingerprint density at radius 3 is 2.67 bits per heavy atom. The van der Waals surface area contributed by atoms with Gasteiger partial charge in [0.05, 0.1) is 0 Å². The highest BCUT2D eigenvalue weighted by Crippen LogP contribution is 2.16. The van der Waals surface area contributed by atoms with Crippen molar-refractivity contribution < 1.29 is 4.79 Å². The van der Waals surface area contributed by atoms with Crippen LogP contribution in [0.15, 0.2) is 29.4 Å². The predicted molar refractivity (Wildman–Crippen MR) is 80.4 cm³/mol. The summed E-state index contributed by atoms with van der Waals surface area (Å²) < 4.78 is 1.14. The Morgan fingerprint density at radius 2 is 2.06 bits per heavy atom. The maximum Gasteiger partial charge on any atom is 0.226 e. The number of rotatable bonds is 6. The number of hydrogen-bond acceptors (Lipinski definition) is 2. The van der Waals surface area contributed by atoms with Gasteiger partial charge in [0.1, 0.15) is 0 Å². The highest BCUT2D eigenvalue weighted by atomic mass is 127. The molecule has 1 aromatic rings. The van der Waals surface area contributed by atoms with Crippen LogP contribution in [0.2, 0.25) is 0 Å². The fourth-order valence-electron chi connectivity index (χ4n) is 1.48. The second kappa shape index (κ2) is 7.94. The molecule has 0 saturated heterocycles. The van der Waals surface area contributed by atoms with Crippen molar-refractivity contribution in [2.24, 2.45) is 5.11 Å². The third-order valence-electron chi connectivity index (χ3n) is 2.55. The Kier molecular flexibility index (Phi) is 6.53. The third-order valence-corrected chi connectivity index (χ3v) is 3.27. The lowest BCUT2D eigenvalue weighted by atomic mass is 10.2. The molecule has 0 heterocycles. The summed E-state index contributed by atoms with van der Waals surface area (Å²) in [6.45, 7) is 0.455. The molecule has 18 heavy (non-hydrogen) atoms. The second-order valence-corrected chi connectivity index (χ2v) is 5.09. The van der Waals surface area contributed by atoms with Crippen LogP contribution in [-0.4, -0.2) is 19.5 Å². The van der Waals surface area contributed by atoms with Gasteiger partial charge in [-0.3, -0.25) is 4.79 Å². The summed E-state index contributed by atoms with van der Waals surface area (Å²) in [6, 6.07) is 7.81. The summed E-state index contributed by atoms with van der Waals surface area (Å²) in [6.07, 6.45) is 1.96. The van der Waals surface area contributed by atoms with Gasteiger partial charge in [-0.1, -0.05) is 5.11 Å². The van der Waals surface area contributed by atoms with Crippen molar-refractivity contribution >= 4 is 34.2 Å². The molecule has 6 heteroatoms. The number of azide groups is 1. The van der Waals surface area contributed by atoms with Crippen LogP contribution in [0.5, 0.6) is 0 Å². The van der Waals surface area contributed by atoms with Crippen molar-refractivity contribution in [3.63, 3.8) is 0 Å². The van der Waals surface area contributed by atoms with Crippen molar-refractivity contribution in [3.8, 4) is 0 Å². The van der Waals surface area contributed by atoms with Gasteiger partial charge in [-0.15, -0.1) is 0 Å². The minimum atomic E-state index is 0.0807. The van der Waals surface area contributed by atoms with Crippen molar-refractivity contribution in [2.45, 2.75) is 19.3 Å². The summed E-state index contributed by atoms with van der Waals surface area (Å²) in [4.78, 5) is 16.2. The minimum Gasteiger partial charge on any atom is -0.316 e. The number of hydrogen-bond donors (Lipinski definition) is 0. The highest BCUT2D eigenvalue weighted by Gasteiger charge is 2.09. The number of nitrogens with zero attached hydrogens (tertiary/aromatic N) is 4. The molecule has 0 radical (unpaired) electrons. The van der Waals surface area contributed by atoms with E-state index in [4.69, 9.17) is 5.53 Å². The van der Waals surface area contributed by atoms with Crippen molar-refractivity contribution in [3.05, 3.63) is 38.3 Å². The van der Waals surface area contributed by atoms with Crippen LogP contribution < -0.4 is 4.90 Å². The Labute approximate surface area is 120 Å². The maximum absolute atomic E-state index is 11.9. The number of halogens is 1. The molecular weight excluding hydrogens is 343 g/mol. The zero-order valence-electron chi connectivity index (χ0n) is 10.2. The largest absolute Gasteiger partial charge is 0.316 e. The molecule has 96 valence electrons. The van der Waals surface area contributed by atoms with E-state index in [1.54, 1.807) is 11.9 Å².